The molecule has 1 amide bonds. The molecule has 92 valence electrons. The van der Waals surface area contributed by atoms with Crippen LogP contribution in [0.25, 0.3) is 0 Å². The summed E-state index contributed by atoms with van der Waals surface area (Å²) in [7, 11) is 0. The normalized spacial score (nSPS) is 17.2. The first kappa shape index (κ1) is 11.8. The molecule has 1 saturated carbocycles. The van der Waals surface area contributed by atoms with Crippen LogP contribution in [-0.4, -0.2) is 21.6 Å². The molecule has 0 radical (unpaired) electrons. The highest BCUT2D eigenvalue weighted by molar-refractivity contribution is 5.77. The van der Waals surface area contributed by atoms with Crippen LogP contribution in [0.15, 0.2) is 16.9 Å². The van der Waals surface area contributed by atoms with Gasteiger partial charge in [0.1, 0.15) is 0 Å². The summed E-state index contributed by atoms with van der Waals surface area (Å²) >= 11 is 0. The third kappa shape index (κ3) is 3.15. The van der Waals surface area contributed by atoms with Gasteiger partial charge in [-0.25, -0.2) is 5.10 Å². The molecule has 0 aromatic carbocycles. The molecule has 0 saturated heterocycles. The molecule has 1 aromatic heterocycles. The molecule has 0 aliphatic heterocycles. The fraction of sp³-hybridized carbons (Fsp3) is 0.583. The van der Waals surface area contributed by atoms with Crippen LogP contribution in [0.4, 0.5) is 0 Å². The first-order valence-corrected chi connectivity index (χ1v) is 5.93. The molecule has 17 heavy (non-hydrogen) atoms. The monoisotopic (exact) mass is 235 g/mol. The Morgan fingerprint density at radius 3 is 2.82 bits per heavy atom. The van der Waals surface area contributed by atoms with Crippen LogP contribution in [0.5, 0.6) is 0 Å². The molecule has 5 nitrogen and oxygen atoms in total. The van der Waals surface area contributed by atoms with E-state index < -0.39 is 0 Å². The molecule has 5 heteroatoms. The number of rotatable bonds is 4. The van der Waals surface area contributed by atoms with Crippen molar-refractivity contribution in [2.75, 3.05) is 0 Å². The van der Waals surface area contributed by atoms with Gasteiger partial charge in [-0.05, 0) is 32.3 Å². The lowest BCUT2D eigenvalue weighted by Gasteiger charge is -2.39. The second kappa shape index (κ2) is 4.69. The van der Waals surface area contributed by atoms with Gasteiger partial charge in [0, 0.05) is 24.4 Å². The molecular formula is C12H17N3O2. The van der Waals surface area contributed by atoms with Crippen molar-refractivity contribution in [2.24, 2.45) is 0 Å². The minimum Gasteiger partial charge on any atom is -0.351 e. The Labute approximate surface area is 99.6 Å². The lowest BCUT2D eigenvalue weighted by molar-refractivity contribution is -0.123. The van der Waals surface area contributed by atoms with Crippen LogP contribution in [0, 0.1) is 0 Å². The first-order chi connectivity index (χ1) is 8.07. The third-order valence-corrected chi connectivity index (χ3v) is 3.24. The number of aromatic nitrogens is 2. The number of aryl methyl sites for hydroxylation is 1. The van der Waals surface area contributed by atoms with Gasteiger partial charge in [0.25, 0.3) is 5.56 Å². The van der Waals surface area contributed by atoms with Crippen LogP contribution >= 0.6 is 0 Å². The highest BCUT2D eigenvalue weighted by Crippen LogP contribution is 2.30. The Hall–Kier alpha value is -1.65. The number of aromatic amines is 1. The molecule has 0 spiro atoms. The first-order valence-electron chi connectivity index (χ1n) is 5.93. The summed E-state index contributed by atoms with van der Waals surface area (Å²) in [4.78, 5) is 22.5. The molecule has 1 aliphatic rings. The molecular weight excluding hydrogens is 218 g/mol. The van der Waals surface area contributed by atoms with E-state index in [1.165, 1.54) is 12.5 Å². The quantitative estimate of drug-likeness (QED) is 0.809. The van der Waals surface area contributed by atoms with Crippen molar-refractivity contribution in [3.8, 4) is 0 Å². The number of nitrogens with one attached hydrogen (secondary N) is 2. The fourth-order valence-corrected chi connectivity index (χ4v) is 1.99. The van der Waals surface area contributed by atoms with Gasteiger partial charge >= 0.3 is 0 Å². The smallest absolute Gasteiger partial charge is 0.264 e. The zero-order chi connectivity index (χ0) is 12.3. The summed E-state index contributed by atoms with van der Waals surface area (Å²) in [6.07, 6.45) is 4.29. The Morgan fingerprint density at radius 2 is 2.29 bits per heavy atom. The Kier molecular flexibility index (Phi) is 3.26. The second-order valence-electron chi connectivity index (χ2n) is 4.87. The van der Waals surface area contributed by atoms with E-state index in [-0.39, 0.29) is 17.0 Å². The predicted octanol–water partition coefficient (Wildman–Crippen LogP) is 0.761. The standard InChI is InChI=1S/C12H17N3O2/c1-12(7-2-8-12)13-10(16)5-3-9-4-6-11(17)15-14-9/h4,6H,2-3,5,7-8H2,1H3,(H,13,16)(H,15,17). The molecule has 0 bridgehead atoms. The van der Waals surface area contributed by atoms with Crippen molar-refractivity contribution in [3.63, 3.8) is 0 Å². The Balaban J connectivity index is 1.79. The number of amides is 1. The molecule has 2 N–H and O–H groups in total. The molecule has 1 aliphatic carbocycles. The summed E-state index contributed by atoms with van der Waals surface area (Å²) in [6.45, 7) is 2.08. The minimum absolute atomic E-state index is 0.00944. The van der Waals surface area contributed by atoms with Gasteiger partial charge in [-0.3, -0.25) is 9.59 Å². The SMILES string of the molecule is CC1(NC(=O)CCc2ccc(=O)[nH]n2)CCC1. The lowest BCUT2D eigenvalue weighted by Crippen LogP contribution is -2.50. The maximum Gasteiger partial charge on any atom is 0.264 e. The topological polar surface area (TPSA) is 74.8 Å². The van der Waals surface area contributed by atoms with Crippen LogP contribution in [-0.2, 0) is 11.2 Å². The number of carbonyl (C=O) groups is 1. The van der Waals surface area contributed by atoms with Crippen LogP contribution in [0.2, 0.25) is 0 Å². The Bertz CT molecular complexity index is 443. The van der Waals surface area contributed by atoms with Gasteiger partial charge in [-0.2, -0.15) is 5.10 Å². The van der Waals surface area contributed by atoms with E-state index in [2.05, 4.69) is 22.4 Å². The van der Waals surface area contributed by atoms with Gasteiger partial charge in [0.15, 0.2) is 0 Å². The molecule has 1 aromatic rings. The molecule has 1 heterocycles. The zero-order valence-electron chi connectivity index (χ0n) is 9.95. The van der Waals surface area contributed by atoms with Crippen LogP contribution < -0.4 is 10.9 Å². The summed E-state index contributed by atoms with van der Waals surface area (Å²) in [5, 5.41) is 9.26. The number of hydrogen-bond acceptors (Lipinski definition) is 3. The van der Waals surface area contributed by atoms with E-state index in [0.29, 0.717) is 12.8 Å². The van der Waals surface area contributed by atoms with Crippen molar-refractivity contribution < 1.29 is 4.79 Å². The lowest BCUT2D eigenvalue weighted by atomic mass is 9.78. The number of carbonyl (C=O) groups excluding carboxylic acids is 1. The zero-order valence-corrected chi connectivity index (χ0v) is 9.95. The highest BCUT2D eigenvalue weighted by Gasteiger charge is 2.32. The van der Waals surface area contributed by atoms with Crippen molar-refractivity contribution in [1.82, 2.24) is 15.5 Å². The molecule has 0 atom stereocenters. The van der Waals surface area contributed by atoms with Gasteiger partial charge in [0.2, 0.25) is 5.91 Å². The Morgan fingerprint density at radius 1 is 1.53 bits per heavy atom. The van der Waals surface area contributed by atoms with E-state index in [4.69, 9.17) is 0 Å². The maximum absolute atomic E-state index is 11.7. The van der Waals surface area contributed by atoms with Crippen LogP contribution in [0.1, 0.15) is 38.3 Å². The molecule has 1 fully saturated rings. The van der Waals surface area contributed by atoms with Gasteiger partial charge in [0.05, 0.1) is 5.69 Å². The van der Waals surface area contributed by atoms with Crippen molar-refractivity contribution in [1.29, 1.82) is 0 Å². The van der Waals surface area contributed by atoms with Crippen molar-refractivity contribution >= 4 is 5.91 Å². The number of H-pyrrole nitrogens is 1. The van der Waals surface area contributed by atoms with E-state index in [1.807, 2.05) is 0 Å². The number of hydrogen-bond donors (Lipinski definition) is 2. The summed E-state index contributed by atoms with van der Waals surface area (Å²) < 4.78 is 0. The van der Waals surface area contributed by atoms with Gasteiger partial charge in [-0.15, -0.1) is 0 Å². The average molecular weight is 235 g/mol. The van der Waals surface area contributed by atoms with Crippen molar-refractivity contribution in [3.05, 3.63) is 28.2 Å². The second-order valence-corrected chi connectivity index (χ2v) is 4.87. The summed E-state index contributed by atoms with van der Waals surface area (Å²) in [6, 6.07) is 3.07. The minimum atomic E-state index is -0.222. The van der Waals surface area contributed by atoms with E-state index in [0.717, 1.165) is 18.5 Å². The van der Waals surface area contributed by atoms with Crippen molar-refractivity contribution in [2.45, 2.75) is 44.6 Å². The third-order valence-electron chi connectivity index (χ3n) is 3.24. The molecule has 2 rings (SSSR count). The van der Waals surface area contributed by atoms with Gasteiger partial charge in [-0.1, -0.05) is 0 Å². The van der Waals surface area contributed by atoms with E-state index >= 15 is 0 Å². The molecule has 0 unspecified atom stereocenters. The number of nitrogens with zero attached hydrogens (tertiary/aromatic N) is 1. The fourth-order valence-electron chi connectivity index (χ4n) is 1.99. The summed E-state index contributed by atoms with van der Waals surface area (Å²) in [5.74, 6) is 0.0557. The average Bonchev–Trinajstić information content (AvgIpc) is 2.26. The largest absolute Gasteiger partial charge is 0.351 e. The van der Waals surface area contributed by atoms with Gasteiger partial charge < -0.3 is 5.32 Å². The highest BCUT2D eigenvalue weighted by atomic mass is 16.1. The van der Waals surface area contributed by atoms with E-state index in [1.54, 1.807) is 6.07 Å². The maximum atomic E-state index is 11.7. The van der Waals surface area contributed by atoms with E-state index in [9.17, 15) is 9.59 Å². The van der Waals surface area contributed by atoms with Crippen LogP contribution in [0.3, 0.4) is 0 Å². The predicted molar refractivity (Wildman–Crippen MR) is 63.6 cm³/mol. The summed E-state index contributed by atoms with van der Waals surface area (Å²) in [5.41, 5.74) is 0.522.